The molecule has 0 saturated carbocycles. The maximum atomic E-state index is 11.9. The van der Waals surface area contributed by atoms with Crippen LogP contribution in [-0.4, -0.2) is 22.3 Å². The number of methoxy groups -OCH3 is 1. The van der Waals surface area contributed by atoms with Gasteiger partial charge in [-0.3, -0.25) is 4.79 Å². The van der Waals surface area contributed by atoms with Crippen molar-refractivity contribution in [3.05, 3.63) is 40.1 Å². The summed E-state index contributed by atoms with van der Waals surface area (Å²) in [5, 5.41) is 0. The van der Waals surface area contributed by atoms with Crippen LogP contribution in [0.5, 0.6) is 5.75 Å². The molecule has 0 unspecified atom stereocenters. The third kappa shape index (κ3) is 2.20. The normalized spacial score (nSPS) is 10.1. The van der Waals surface area contributed by atoms with Crippen molar-refractivity contribution in [3.8, 4) is 5.75 Å². The largest absolute Gasteiger partial charge is 0.497 e. The highest BCUT2D eigenvalue weighted by Gasteiger charge is 2.14. The second kappa shape index (κ2) is 4.59. The van der Waals surface area contributed by atoms with Crippen molar-refractivity contribution >= 4 is 28.9 Å². The number of carbonyl (C=O) groups excluding carboxylic acids is 1. The summed E-state index contributed by atoms with van der Waals surface area (Å²) in [6, 6.07) is 6.81. The third-order valence-electron chi connectivity index (χ3n) is 1.94. The van der Waals surface area contributed by atoms with Gasteiger partial charge in [0.2, 0.25) is 16.1 Å². The highest BCUT2D eigenvalue weighted by Crippen LogP contribution is 2.17. The summed E-state index contributed by atoms with van der Waals surface area (Å²) in [6.07, 6.45) is 0. The standard InChI is InChI=1S/C10H7ClN2O2S/c1-15-7-4-2-3-6(5-7)8(14)9-12-10(11)16-13-9/h2-5H,1H3. The van der Waals surface area contributed by atoms with Gasteiger partial charge < -0.3 is 4.74 Å². The average Bonchev–Trinajstić information content (AvgIpc) is 2.75. The second-order valence-corrected chi connectivity index (χ2v) is 4.27. The molecule has 4 nitrogen and oxygen atoms in total. The minimum atomic E-state index is -0.262. The average molecular weight is 255 g/mol. The van der Waals surface area contributed by atoms with Crippen LogP contribution in [0.25, 0.3) is 0 Å². The molecule has 1 heterocycles. The van der Waals surface area contributed by atoms with Crippen LogP contribution in [0.1, 0.15) is 16.2 Å². The smallest absolute Gasteiger partial charge is 0.231 e. The van der Waals surface area contributed by atoms with Gasteiger partial charge in [0.1, 0.15) is 5.75 Å². The fraction of sp³-hybridized carbons (Fsp3) is 0.100. The van der Waals surface area contributed by atoms with Gasteiger partial charge in [-0.1, -0.05) is 12.1 Å². The third-order valence-corrected chi connectivity index (χ3v) is 2.73. The lowest BCUT2D eigenvalue weighted by Gasteiger charge is -2.01. The van der Waals surface area contributed by atoms with Gasteiger partial charge >= 0.3 is 0 Å². The Morgan fingerprint density at radius 2 is 2.31 bits per heavy atom. The number of hydrogen-bond acceptors (Lipinski definition) is 5. The highest BCUT2D eigenvalue weighted by atomic mass is 35.5. The molecule has 0 spiro atoms. The molecular formula is C10H7ClN2O2S. The molecule has 2 aromatic rings. The van der Waals surface area contributed by atoms with Crippen molar-refractivity contribution in [2.75, 3.05) is 7.11 Å². The van der Waals surface area contributed by atoms with E-state index in [0.29, 0.717) is 11.3 Å². The van der Waals surface area contributed by atoms with Crippen LogP contribution in [0, 0.1) is 0 Å². The van der Waals surface area contributed by atoms with Crippen molar-refractivity contribution in [1.29, 1.82) is 0 Å². The number of ketones is 1. The van der Waals surface area contributed by atoms with Gasteiger partial charge in [0.05, 0.1) is 7.11 Å². The first-order valence-corrected chi connectivity index (χ1v) is 5.54. The Bertz CT molecular complexity index is 527. The van der Waals surface area contributed by atoms with Crippen LogP contribution < -0.4 is 4.74 Å². The van der Waals surface area contributed by atoms with E-state index in [4.69, 9.17) is 16.3 Å². The van der Waals surface area contributed by atoms with E-state index in [9.17, 15) is 4.79 Å². The molecular weight excluding hydrogens is 248 g/mol. The van der Waals surface area contributed by atoms with Crippen molar-refractivity contribution in [1.82, 2.24) is 9.36 Å². The van der Waals surface area contributed by atoms with E-state index in [0.717, 1.165) is 11.5 Å². The first-order chi connectivity index (χ1) is 7.70. The van der Waals surface area contributed by atoms with Crippen LogP contribution in [-0.2, 0) is 0 Å². The van der Waals surface area contributed by atoms with E-state index in [1.165, 1.54) is 0 Å². The van der Waals surface area contributed by atoms with E-state index >= 15 is 0 Å². The first-order valence-electron chi connectivity index (χ1n) is 4.38. The SMILES string of the molecule is COc1cccc(C(=O)c2nsc(Cl)n2)c1. The highest BCUT2D eigenvalue weighted by molar-refractivity contribution is 7.10. The van der Waals surface area contributed by atoms with Crippen LogP contribution in [0.2, 0.25) is 4.47 Å². The molecule has 0 amide bonds. The van der Waals surface area contributed by atoms with E-state index < -0.39 is 0 Å². The lowest BCUT2D eigenvalue weighted by molar-refractivity contribution is 0.103. The van der Waals surface area contributed by atoms with E-state index in [1.54, 1.807) is 31.4 Å². The quantitative estimate of drug-likeness (QED) is 0.790. The van der Waals surface area contributed by atoms with Gasteiger partial charge in [-0.15, -0.1) is 0 Å². The Kier molecular flexibility index (Phi) is 3.17. The minimum Gasteiger partial charge on any atom is -0.497 e. The molecule has 82 valence electrons. The molecule has 1 aromatic carbocycles. The van der Waals surface area contributed by atoms with Crippen molar-refractivity contribution in [2.45, 2.75) is 0 Å². The van der Waals surface area contributed by atoms with Crippen LogP contribution in [0.3, 0.4) is 0 Å². The van der Waals surface area contributed by atoms with Gasteiger partial charge in [0.25, 0.3) is 0 Å². The number of rotatable bonds is 3. The summed E-state index contributed by atoms with van der Waals surface area (Å²) in [5.41, 5.74) is 0.480. The number of halogens is 1. The van der Waals surface area contributed by atoms with E-state index in [2.05, 4.69) is 9.36 Å². The Morgan fingerprint density at radius 1 is 1.50 bits per heavy atom. The van der Waals surface area contributed by atoms with Gasteiger partial charge in [0, 0.05) is 5.56 Å². The van der Waals surface area contributed by atoms with Crippen molar-refractivity contribution in [2.24, 2.45) is 0 Å². The second-order valence-electron chi connectivity index (χ2n) is 2.93. The summed E-state index contributed by atoms with van der Waals surface area (Å²) in [4.78, 5) is 15.7. The molecule has 6 heteroatoms. The van der Waals surface area contributed by atoms with E-state index in [-0.39, 0.29) is 16.1 Å². The Morgan fingerprint density at radius 3 is 2.94 bits per heavy atom. The lowest BCUT2D eigenvalue weighted by Crippen LogP contribution is -2.03. The molecule has 1 aromatic heterocycles. The number of hydrogen-bond donors (Lipinski definition) is 0. The van der Waals surface area contributed by atoms with Gasteiger partial charge in [-0.25, -0.2) is 4.98 Å². The summed E-state index contributed by atoms with van der Waals surface area (Å²) in [7, 11) is 1.54. The first kappa shape index (κ1) is 11.0. The zero-order valence-corrected chi connectivity index (χ0v) is 9.88. The fourth-order valence-corrected chi connectivity index (χ4v) is 1.79. The summed E-state index contributed by atoms with van der Waals surface area (Å²) >= 11 is 6.61. The molecule has 0 bridgehead atoms. The van der Waals surface area contributed by atoms with Gasteiger partial charge in [-0.05, 0) is 35.3 Å². The maximum absolute atomic E-state index is 11.9. The van der Waals surface area contributed by atoms with Gasteiger partial charge in [-0.2, -0.15) is 4.37 Å². The monoisotopic (exact) mass is 254 g/mol. The molecule has 0 aliphatic heterocycles. The van der Waals surface area contributed by atoms with E-state index in [1.807, 2.05) is 0 Å². The van der Waals surface area contributed by atoms with Crippen molar-refractivity contribution < 1.29 is 9.53 Å². The minimum absolute atomic E-state index is 0.114. The Balaban J connectivity index is 2.33. The zero-order valence-electron chi connectivity index (χ0n) is 8.31. The molecule has 0 fully saturated rings. The molecule has 0 N–H and O–H groups in total. The Labute approximate surface area is 101 Å². The van der Waals surface area contributed by atoms with Crippen LogP contribution >= 0.6 is 23.1 Å². The number of aromatic nitrogens is 2. The molecule has 0 aliphatic rings. The topological polar surface area (TPSA) is 52.1 Å². The number of nitrogens with zero attached hydrogens (tertiary/aromatic N) is 2. The predicted molar refractivity (Wildman–Crippen MR) is 61.3 cm³/mol. The Hall–Kier alpha value is -1.46. The molecule has 0 radical (unpaired) electrons. The maximum Gasteiger partial charge on any atom is 0.231 e. The fourth-order valence-electron chi connectivity index (χ4n) is 1.19. The van der Waals surface area contributed by atoms with Crippen LogP contribution in [0.15, 0.2) is 24.3 Å². The summed E-state index contributed by atoms with van der Waals surface area (Å²) in [5.74, 6) is 0.470. The molecule has 0 saturated heterocycles. The zero-order chi connectivity index (χ0) is 11.5. The number of carbonyl (C=O) groups is 1. The molecule has 16 heavy (non-hydrogen) atoms. The predicted octanol–water partition coefficient (Wildman–Crippen LogP) is 2.43. The number of ether oxygens (including phenoxy) is 1. The number of benzene rings is 1. The summed E-state index contributed by atoms with van der Waals surface area (Å²) < 4.78 is 9.14. The van der Waals surface area contributed by atoms with Crippen LogP contribution in [0.4, 0.5) is 0 Å². The van der Waals surface area contributed by atoms with Gasteiger partial charge in [0.15, 0.2) is 0 Å². The molecule has 0 aliphatic carbocycles. The molecule has 2 rings (SSSR count). The van der Waals surface area contributed by atoms with Crippen molar-refractivity contribution in [3.63, 3.8) is 0 Å². The summed E-state index contributed by atoms with van der Waals surface area (Å²) in [6.45, 7) is 0. The molecule has 0 atom stereocenters. The lowest BCUT2D eigenvalue weighted by atomic mass is 10.1.